The second-order valence-corrected chi connectivity index (χ2v) is 10.0. The standard InChI is InChI=1S/C25H28N6O2S/c1-30-10-9-21-22(15-30)34-24(28-21)29-23(32)17-5-2-4-16(12-17)18-8-11-31(14-18)25(33)27-20-7-3-6-19(26)13-20/h2-7,12-13,18H,8-11,14-15,26H2,1H3,(H,27,33)(H,28,29,32). The second kappa shape index (κ2) is 9.44. The van der Waals surface area contributed by atoms with E-state index in [-0.39, 0.29) is 17.9 Å². The lowest BCUT2D eigenvalue weighted by atomic mass is 9.96. The summed E-state index contributed by atoms with van der Waals surface area (Å²) in [5.41, 5.74) is 9.85. The molecule has 2 aliphatic rings. The van der Waals surface area contributed by atoms with Crippen LogP contribution < -0.4 is 16.4 Å². The lowest BCUT2D eigenvalue weighted by Gasteiger charge is -2.20. The van der Waals surface area contributed by atoms with E-state index in [1.165, 1.54) is 4.88 Å². The molecular formula is C25H28N6O2S. The summed E-state index contributed by atoms with van der Waals surface area (Å²) in [6, 6.07) is 14.7. The van der Waals surface area contributed by atoms with Crippen LogP contribution in [0, 0.1) is 0 Å². The van der Waals surface area contributed by atoms with Crippen molar-refractivity contribution in [2.75, 3.05) is 43.0 Å². The first kappa shape index (κ1) is 22.4. The highest BCUT2D eigenvalue weighted by molar-refractivity contribution is 7.15. The van der Waals surface area contributed by atoms with Gasteiger partial charge in [-0.05, 0) is 49.4 Å². The van der Waals surface area contributed by atoms with Gasteiger partial charge >= 0.3 is 6.03 Å². The number of nitrogens with two attached hydrogens (primary N) is 1. The van der Waals surface area contributed by atoms with Gasteiger partial charge in [0, 0.05) is 60.3 Å². The molecule has 4 N–H and O–H groups in total. The van der Waals surface area contributed by atoms with E-state index in [9.17, 15) is 9.59 Å². The molecule has 3 aromatic rings. The SMILES string of the molecule is CN1CCc2nc(NC(=O)c3cccc(C4CCN(C(=O)Nc5cccc(N)c5)C4)c3)sc2C1. The molecule has 34 heavy (non-hydrogen) atoms. The third-order valence-electron chi connectivity index (χ3n) is 6.38. The van der Waals surface area contributed by atoms with Crippen LogP contribution in [0.25, 0.3) is 0 Å². The molecule has 3 heterocycles. The first-order chi connectivity index (χ1) is 16.4. The normalized spacial score (nSPS) is 17.9. The fourth-order valence-corrected chi connectivity index (χ4v) is 5.60. The molecule has 3 amide bonds. The van der Waals surface area contributed by atoms with Crippen LogP contribution >= 0.6 is 11.3 Å². The number of urea groups is 1. The van der Waals surface area contributed by atoms with Gasteiger partial charge in [0.1, 0.15) is 0 Å². The lowest BCUT2D eigenvalue weighted by molar-refractivity contribution is 0.102. The van der Waals surface area contributed by atoms with Crippen LogP contribution in [-0.2, 0) is 13.0 Å². The van der Waals surface area contributed by atoms with E-state index in [2.05, 4.69) is 27.6 Å². The number of hydrogen-bond donors (Lipinski definition) is 3. The summed E-state index contributed by atoms with van der Waals surface area (Å²) in [5, 5.41) is 6.54. The van der Waals surface area contributed by atoms with Crippen LogP contribution in [0.4, 0.5) is 21.3 Å². The monoisotopic (exact) mass is 476 g/mol. The fourth-order valence-electron chi connectivity index (χ4n) is 4.52. The maximum Gasteiger partial charge on any atom is 0.321 e. The van der Waals surface area contributed by atoms with Gasteiger partial charge in [-0.15, -0.1) is 11.3 Å². The number of nitrogens with one attached hydrogen (secondary N) is 2. The van der Waals surface area contributed by atoms with Crippen molar-refractivity contribution < 1.29 is 9.59 Å². The molecule has 1 saturated heterocycles. The number of thiazole rings is 1. The minimum absolute atomic E-state index is 0.139. The number of carbonyl (C=O) groups excluding carboxylic acids is 2. The number of aromatic nitrogens is 1. The zero-order chi connectivity index (χ0) is 23.7. The number of likely N-dealkylation sites (tertiary alicyclic amines) is 1. The van der Waals surface area contributed by atoms with Crippen LogP contribution in [0.15, 0.2) is 48.5 Å². The Balaban J connectivity index is 1.22. The summed E-state index contributed by atoms with van der Waals surface area (Å²) in [6.45, 7) is 3.13. The van der Waals surface area contributed by atoms with E-state index in [1.54, 1.807) is 28.4 Å². The van der Waals surface area contributed by atoms with Crippen molar-refractivity contribution in [2.24, 2.45) is 0 Å². The highest BCUT2D eigenvalue weighted by atomic mass is 32.1. The van der Waals surface area contributed by atoms with Crippen molar-refractivity contribution in [1.29, 1.82) is 0 Å². The summed E-state index contributed by atoms with van der Waals surface area (Å²) in [7, 11) is 2.09. The van der Waals surface area contributed by atoms with E-state index >= 15 is 0 Å². The van der Waals surface area contributed by atoms with Crippen molar-refractivity contribution in [3.8, 4) is 0 Å². The van der Waals surface area contributed by atoms with Crippen LogP contribution in [0.1, 0.15) is 38.8 Å². The molecule has 1 atom stereocenters. The van der Waals surface area contributed by atoms with Gasteiger partial charge in [-0.2, -0.15) is 0 Å². The third-order valence-corrected chi connectivity index (χ3v) is 7.37. The number of rotatable bonds is 4. The molecule has 1 fully saturated rings. The Labute approximate surface area is 202 Å². The Morgan fingerprint density at radius 3 is 2.82 bits per heavy atom. The molecule has 2 aromatic carbocycles. The molecule has 1 unspecified atom stereocenters. The van der Waals surface area contributed by atoms with E-state index in [1.807, 2.05) is 36.4 Å². The maximum atomic E-state index is 12.9. The topological polar surface area (TPSA) is 104 Å². The molecule has 0 aliphatic carbocycles. The van der Waals surface area contributed by atoms with E-state index in [0.717, 1.165) is 37.2 Å². The molecule has 8 nitrogen and oxygen atoms in total. The zero-order valence-electron chi connectivity index (χ0n) is 19.1. The molecule has 176 valence electrons. The molecule has 0 spiro atoms. The average molecular weight is 477 g/mol. The average Bonchev–Trinajstić information content (AvgIpc) is 3.46. The summed E-state index contributed by atoms with van der Waals surface area (Å²) >= 11 is 1.55. The Hall–Kier alpha value is -3.43. The lowest BCUT2D eigenvalue weighted by Crippen LogP contribution is -2.32. The van der Waals surface area contributed by atoms with Gasteiger partial charge in [0.05, 0.1) is 5.69 Å². The van der Waals surface area contributed by atoms with E-state index in [4.69, 9.17) is 5.73 Å². The van der Waals surface area contributed by atoms with Crippen molar-refractivity contribution >= 4 is 39.8 Å². The third kappa shape index (κ3) is 4.90. The van der Waals surface area contributed by atoms with Gasteiger partial charge in [0.15, 0.2) is 5.13 Å². The zero-order valence-corrected chi connectivity index (χ0v) is 19.9. The molecule has 9 heteroatoms. The number of fused-ring (bicyclic) bond motifs is 1. The predicted octanol–water partition coefficient (Wildman–Crippen LogP) is 3.99. The van der Waals surface area contributed by atoms with Gasteiger partial charge in [0.25, 0.3) is 5.91 Å². The van der Waals surface area contributed by atoms with Gasteiger partial charge in [0.2, 0.25) is 0 Å². The summed E-state index contributed by atoms with van der Waals surface area (Å²) in [5.74, 6) is 0.0256. The Morgan fingerprint density at radius 1 is 1.12 bits per heavy atom. The number of hydrogen-bond acceptors (Lipinski definition) is 6. The Morgan fingerprint density at radius 2 is 1.97 bits per heavy atom. The minimum atomic E-state index is -0.157. The van der Waals surface area contributed by atoms with Gasteiger partial charge in [-0.25, -0.2) is 9.78 Å². The molecule has 1 aromatic heterocycles. The van der Waals surface area contributed by atoms with Crippen LogP contribution in [0.2, 0.25) is 0 Å². The highest BCUT2D eigenvalue weighted by Crippen LogP contribution is 2.30. The minimum Gasteiger partial charge on any atom is -0.399 e. The largest absolute Gasteiger partial charge is 0.399 e. The molecule has 0 bridgehead atoms. The number of amides is 3. The molecule has 0 saturated carbocycles. The second-order valence-electron chi connectivity index (χ2n) is 8.94. The van der Waals surface area contributed by atoms with Gasteiger partial charge in [-0.1, -0.05) is 18.2 Å². The number of nitrogen functional groups attached to an aromatic ring is 1. The maximum absolute atomic E-state index is 12.9. The van der Waals surface area contributed by atoms with E-state index < -0.39 is 0 Å². The quantitative estimate of drug-likeness (QED) is 0.494. The number of nitrogens with zero attached hydrogens (tertiary/aromatic N) is 3. The van der Waals surface area contributed by atoms with Crippen LogP contribution in [0.5, 0.6) is 0 Å². The summed E-state index contributed by atoms with van der Waals surface area (Å²) in [4.78, 5) is 35.5. The molecule has 5 rings (SSSR count). The Kier molecular flexibility index (Phi) is 6.21. The van der Waals surface area contributed by atoms with Crippen LogP contribution in [-0.4, -0.2) is 53.4 Å². The van der Waals surface area contributed by atoms with Crippen molar-refractivity contribution in [3.63, 3.8) is 0 Å². The first-order valence-corrected chi connectivity index (χ1v) is 12.3. The number of benzene rings is 2. The molecule has 2 aliphatic heterocycles. The van der Waals surface area contributed by atoms with Crippen LogP contribution in [0.3, 0.4) is 0 Å². The number of carbonyl (C=O) groups is 2. The Bertz CT molecular complexity index is 1230. The fraction of sp³-hybridized carbons (Fsp3) is 0.320. The van der Waals surface area contributed by atoms with Gasteiger partial charge < -0.3 is 20.9 Å². The molecule has 0 radical (unpaired) electrons. The first-order valence-electron chi connectivity index (χ1n) is 11.4. The predicted molar refractivity (Wildman–Crippen MR) is 135 cm³/mol. The van der Waals surface area contributed by atoms with E-state index in [0.29, 0.717) is 35.2 Å². The smallest absolute Gasteiger partial charge is 0.321 e. The number of likely N-dealkylation sites (N-methyl/N-ethyl adjacent to an activating group) is 1. The molecular weight excluding hydrogens is 448 g/mol. The summed E-state index contributed by atoms with van der Waals surface area (Å²) < 4.78 is 0. The van der Waals surface area contributed by atoms with Gasteiger partial charge in [-0.3, -0.25) is 10.1 Å². The van der Waals surface area contributed by atoms with Crippen molar-refractivity contribution in [2.45, 2.75) is 25.3 Å². The highest BCUT2D eigenvalue weighted by Gasteiger charge is 2.28. The number of anilines is 3. The van der Waals surface area contributed by atoms with Crippen molar-refractivity contribution in [1.82, 2.24) is 14.8 Å². The van der Waals surface area contributed by atoms with Crippen molar-refractivity contribution in [3.05, 3.63) is 70.2 Å². The summed E-state index contributed by atoms with van der Waals surface area (Å²) in [6.07, 6.45) is 1.76.